The first-order chi connectivity index (χ1) is 11.1. The average Bonchev–Trinajstić information content (AvgIpc) is 2.96. The van der Waals surface area contributed by atoms with Crippen LogP contribution in [0, 0.1) is 0 Å². The van der Waals surface area contributed by atoms with E-state index in [9.17, 15) is 18.0 Å². The van der Waals surface area contributed by atoms with E-state index in [1.807, 2.05) is 20.8 Å². The molecule has 3 nitrogen and oxygen atoms in total. The summed E-state index contributed by atoms with van der Waals surface area (Å²) in [5.41, 5.74) is -0.0405. The van der Waals surface area contributed by atoms with Gasteiger partial charge >= 0.3 is 6.18 Å². The molecule has 24 heavy (non-hydrogen) atoms. The van der Waals surface area contributed by atoms with Gasteiger partial charge in [0.1, 0.15) is 4.88 Å². The van der Waals surface area contributed by atoms with Crippen molar-refractivity contribution in [2.45, 2.75) is 38.8 Å². The van der Waals surface area contributed by atoms with E-state index in [-0.39, 0.29) is 11.3 Å². The second-order valence-electron chi connectivity index (χ2n) is 6.48. The van der Waals surface area contributed by atoms with E-state index in [0.29, 0.717) is 17.8 Å². The third-order valence-corrected chi connectivity index (χ3v) is 4.77. The van der Waals surface area contributed by atoms with Crippen molar-refractivity contribution >= 4 is 17.2 Å². The fourth-order valence-corrected chi connectivity index (χ4v) is 2.88. The number of carbonyl (C=O) groups excluding carboxylic acids is 1. The number of thiazole rings is 1. The third-order valence-electron chi connectivity index (χ3n) is 3.35. The highest BCUT2D eigenvalue weighted by atomic mass is 32.1. The average molecular weight is 356 g/mol. The molecule has 0 atom stereocenters. The fraction of sp³-hybridized carbons (Fsp3) is 0.412. The van der Waals surface area contributed by atoms with Gasteiger partial charge in [-0.1, -0.05) is 32.9 Å². The van der Waals surface area contributed by atoms with Gasteiger partial charge in [-0.25, -0.2) is 4.98 Å². The molecule has 1 aromatic carbocycles. The zero-order valence-electron chi connectivity index (χ0n) is 13.7. The predicted molar refractivity (Wildman–Crippen MR) is 88.3 cm³/mol. The van der Waals surface area contributed by atoms with Crippen LogP contribution in [0.25, 0.3) is 0 Å². The number of alkyl halides is 3. The highest BCUT2D eigenvalue weighted by Gasteiger charge is 2.29. The van der Waals surface area contributed by atoms with E-state index in [1.54, 1.807) is 6.20 Å². The van der Waals surface area contributed by atoms with E-state index >= 15 is 0 Å². The van der Waals surface area contributed by atoms with Crippen LogP contribution in [0.3, 0.4) is 0 Å². The molecule has 0 unspecified atom stereocenters. The standard InChI is InChI=1S/C17H19F3N2OS/c1-16(2,3)15-22-10-13(24-15)14(23)21-9-8-11-4-6-12(7-5-11)17(18,19)20/h4-7,10H,8-9H2,1-3H3,(H,21,23). The number of hydrogen-bond donors (Lipinski definition) is 1. The van der Waals surface area contributed by atoms with Gasteiger partial charge in [-0.2, -0.15) is 13.2 Å². The number of aromatic nitrogens is 1. The maximum atomic E-state index is 12.5. The molecule has 0 spiro atoms. The summed E-state index contributed by atoms with van der Waals surface area (Å²) in [6, 6.07) is 4.96. The number of carbonyl (C=O) groups is 1. The molecule has 0 aliphatic heterocycles. The number of halogens is 3. The third kappa shape index (κ3) is 4.80. The Morgan fingerprint density at radius 2 is 1.79 bits per heavy atom. The number of nitrogens with one attached hydrogen (secondary N) is 1. The minimum Gasteiger partial charge on any atom is -0.351 e. The SMILES string of the molecule is CC(C)(C)c1ncc(C(=O)NCCc2ccc(C(F)(F)F)cc2)s1. The Morgan fingerprint density at radius 1 is 1.17 bits per heavy atom. The van der Waals surface area contributed by atoms with Crippen LogP contribution in [0.15, 0.2) is 30.5 Å². The van der Waals surface area contributed by atoms with Gasteiger partial charge in [0, 0.05) is 12.0 Å². The molecule has 7 heteroatoms. The molecule has 0 aliphatic rings. The Balaban J connectivity index is 1.88. The van der Waals surface area contributed by atoms with E-state index in [0.717, 1.165) is 22.7 Å². The summed E-state index contributed by atoms with van der Waals surface area (Å²) >= 11 is 1.35. The highest BCUT2D eigenvalue weighted by Crippen LogP contribution is 2.29. The zero-order valence-corrected chi connectivity index (χ0v) is 14.5. The normalized spacial score (nSPS) is 12.2. The molecular weight excluding hydrogens is 337 g/mol. The van der Waals surface area contributed by atoms with Crippen LogP contribution < -0.4 is 5.32 Å². The molecule has 1 amide bonds. The van der Waals surface area contributed by atoms with Crippen molar-refractivity contribution in [1.29, 1.82) is 0 Å². The minimum absolute atomic E-state index is 0.108. The van der Waals surface area contributed by atoms with E-state index in [4.69, 9.17) is 0 Å². The summed E-state index contributed by atoms with van der Waals surface area (Å²) in [6.07, 6.45) is -2.31. The highest BCUT2D eigenvalue weighted by molar-refractivity contribution is 7.13. The Morgan fingerprint density at radius 3 is 2.29 bits per heavy atom. The van der Waals surface area contributed by atoms with Gasteiger partial charge in [-0.05, 0) is 24.1 Å². The van der Waals surface area contributed by atoms with Crippen LogP contribution in [-0.4, -0.2) is 17.4 Å². The maximum absolute atomic E-state index is 12.5. The first-order valence-electron chi connectivity index (χ1n) is 7.48. The molecule has 0 saturated heterocycles. The molecular formula is C17H19F3N2OS. The quantitative estimate of drug-likeness (QED) is 0.880. The Kier molecular flexibility index (Phi) is 5.32. The molecule has 1 N–H and O–H groups in total. The second-order valence-corrected chi connectivity index (χ2v) is 7.51. The number of amides is 1. The lowest BCUT2D eigenvalue weighted by molar-refractivity contribution is -0.137. The zero-order chi connectivity index (χ0) is 18.0. The van der Waals surface area contributed by atoms with Crippen molar-refractivity contribution in [2.24, 2.45) is 0 Å². The van der Waals surface area contributed by atoms with Crippen LogP contribution in [0.1, 0.15) is 46.6 Å². The topological polar surface area (TPSA) is 42.0 Å². The molecule has 2 aromatic rings. The smallest absolute Gasteiger partial charge is 0.351 e. The predicted octanol–water partition coefficient (Wildman–Crippen LogP) is 4.43. The van der Waals surface area contributed by atoms with E-state index in [2.05, 4.69) is 10.3 Å². The largest absolute Gasteiger partial charge is 0.416 e. The fourth-order valence-electron chi connectivity index (χ4n) is 1.99. The van der Waals surface area contributed by atoms with Gasteiger partial charge in [0.15, 0.2) is 0 Å². The summed E-state index contributed by atoms with van der Waals surface area (Å²) < 4.78 is 37.5. The van der Waals surface area contributed by atoms with Crippen LogP contribution >= 0.6 is 11.3 Å². The van der Waals surface area contributed by atoms with Crippen molar-refractivity contribution in [2.75, 3.05) is 6.54 Å². The second kappa shape index (κ2) is 6.93. The summed E-state index contributed by atoms with van der Waals surface area (Å²) in [5.74, 6) is -0.213. The van der Waals surface area contributed by atoms with E-state index < -0.39 is 11.7 Å². The van der Waals surface area contributed by atoms with Gasteiger partial charge in [0.25, 0.3) is 5.91 Å². The van der Waals surface area contributed by atoms with Crippen LogP contribution in [0.2, 0.25) is 0 Å². The maximum Gasteiger partial charge on any atom is 0.416 e. The van der Waals surface area contributed by atoms with Gasteiger partial charge in [0.05, 0.1) is 16.8 Å². The molecule has 1 heterocycles. The summed E-state index contributed by atoms with van der Waals surface area (Å²) in [4.78, 5) is 16.9. The van der Waals surface area contributed by atoms with Crippen molar-refractivity contribution in [3.05, 3.63) is 51.5 Å². The lowest BCUT2D eigenvalue weighted by atomic mass is 9.98. The Bertz CT molecular complexity index is 700. The molecule has 130 valence electrons. The van der Waals surface area contributed by atoms with Crippen LogP contribution in [0.5, 0.6) is 0 Å². The molecule has 0 fully saturated rings. The molecule has 0 radical (unpaired) electrons. The molecule has 1 aromatic heterocycles. The van der Waals surface area contributed by atoms with Gasteiger partial charge in [-0.15, -0.1) is 11.3 Å². The van der Waals surface area contributed by atoms with Gasteiger partial charge in [0.2, 0.25) is 0 Å². The first-order valence-corrected chi connectivity index (χ1v) is 8.29. The Labute approximate surface area is 142 Å². The monoisotopic (exact) mass is 356 g/mol. The molecule has 0 bridgehead atoms. The summed E-state index contributed by atoms with van der Waals surface area (Å²) in [5, 5.41) is 3.65. The lowest BCUT2D eigenvalue weighted by Gasteiger charge is -2.13. The van der Waals surface area contributed by atoms with Gasteiger partial charge < -0.3 is 5.32 Å². The molecule has 0 aliphatic carbocycles. The molecule has 0 saturated carbocycles. The number of rotatable bonds is 4. The van der Waals surface area contributed by atoms with Crippen molar-refractivity contribution < 1.29 is 18.0 Å². The van der Waals surface area contributed by atoms with Crippen LogP contribution in [0.4, 0.5) is 13.2 Å². The summed E-state index contributed by atoms with van der Waals surface area (Å²) in [7, 11) is 0. The first kappa shape index (κ1) is 18.4. The van der Waals surface area contributed by atoms with E-state index in [1.165, 1.54) is 23.5 Å². The number of benzene rings is 1. The van der Waals surface area contributed by atoms with Crippen molar-refractivity contribution in [3.8, 4) is 0 Å². The lowest BCUT2D eigenvalue weighted by Crippen LogP contribution is -2.24. The van der Waals surface area contributed by atoms with Gasteiger partial charge in [-0.3, -0.25) is 4.79 Å². The van der Waals surface area contributed by atoms with Crippen molar-refractivity contribution in [3.63, 3.8) is 0 Å². The number of hydrogen-bond acceptors (Lipinski definition) is 3. The van der Waals surface area contributed by atoms with Crippen LogP contribution in [-0.2, 0) is 18.0 Å². The molecule has 2 rings (SSSR count). The minimum atomic E-state index is -4.33. The number of nitrogens with zero attached hydrogens (tertiary/aromatic N) is 1. The van der Waals surface area contributed by atoms with Crippen molar-refractivity contribution in [1.82, 2.24) is 10.3 Å². The summed E-state index contributed by atoms with van der Waals surface area (Å²) in [6.45, 7) is 6.43. The Hall–Kier alpha value is -1.89.